The van der Waals surface area contributed by atoms with Crippen molar-refractivity contribution < 1.29 is 18.6 Å². The van der Waals surface area contributed by atoms with Crippen molar-refractivity contribution in [2.24, 2.45) is 0 Å². The molecule has 0 saturated heterocycles. The van der Waals surface area contributed by atoms with E-state index in [0.717, 1.165) is 38.5 Å². The van der Waals surface area contributed by atoms with Crippen LogP contribution in [0.1, 0.15) is 27.7 Å². The summed E-state index contributed by atoms with van der Waals surface area (Å²) in [5.74, 6) is 0.578. The van der Waals surface area contributed by atoms with Crippen molar-refractivity contribution in [3.05, 3.63) is 60.7 Å². The summed E-state index contributed by atoms with van der Waals surface area (Å²) < 4.78 is 18.1. The molecule has 0 amide bonds. The first-order chi connectivity index (χ1) is 14.7. The van der Waals surface area contributed by atoms with Crippen LogP contribution in [0, 0.1) is 0 Å². The van der Waals surface area contributed by atoms with E-state index >= 15 is 0 Å². The summed E-state index contributed by atoms with van der Waals surface area (Å²) in [5, 5.41) is 12.3. The molecule has 0 aliphatic carbocycles. The van der Waals surface area contributed by atoms with E-state index < -0.39 is 11.2 Å². The number of nitrogens with zero attached hydrogens (tertiary/aromatic N) is 1. The molecule has 2 aromatic heterocycles. The van der Waals surface area contributed by atoms with Crippen LogP contribution in [0.4, 0.5) is 0 Å². The van der Waals surface area contributed by atoms with E-state index in [9.17, 15) is 5.11 Å². The summed E-state index contributed by atoms with van der Waals surface area (Å²) in [6.45, 7) is 7.20. The van der Waals surface area contributed by atoms with Gasteiger partial charge < -0.3 is 18.6 Å². The van der Waals surface area contributed by atoms with Crippen molar-refractivity contribution in [2.75, 3.05) is 0 Å². The Morgan fingerprint density at radius 2 is 1.65 bits per heavy atom. The number of aromatic nitrogens is 1. The molecule has 155 valence electrons. The van der Waals surface area contributed by atoms with E-state index in [1.54, 1.807) is 21.3 Å². The molecule has 0 bridgehead atoms. The Morgan fingerprint density at radius 1 is 0.871 bits per heavy atom. The minimum absolute atomic E-state index is 0.578. The van der Waals surface area contributed by atoms with E-state index in [-0.39, 0.29) is 0 Å². The van der Waals surface area contributed by atoms with Crippen molar-refractivity contribution in [3.63, 3.8) is 0 Å². The summed E-state index contributed by atoms with van der Waals surface area (Å²) in [4.78, 5) is 4.68. The first-order valence-electron chi connectivity index (χ1n) is 10.3. The van der Waals surface area contributed by atoms with Gasteiger partial charge in [0.25, 0.3) is 0 Å². The van der Waals surface area contributed by atoms with Crippen LogP contribution in [-0.4, -0.2) is 28.8 Å². The van der Waals surface area contributed by atoms with E-state index in [0.29, 0.717) is 11.5 Å². The van der Waals surface area contributed by atoms with Gasteiger partial charge >= 0.3 is 7.48 Å². The molecule has 3 aromatic carbocycles. The Hall–Kier alpha value is -3.09. The summed E-state index contributed by atoms with van der Waals surface area (Å²) >= 11 is 0. The van der Waals surface area contributed by atoms with Crippen LogP contribution in [0.3, 0.4) is 0 Å². The maximum absolute atomic E-state index is 10.4. The molecule has 5 aromatic rings. The van der Waals surface area contributed by atoms with Crippen molar-refractivity contribution in [1.29, 1.82) is 0 Å². The third kappa shape index (κ3) is 3.42. The van der Waals surface area contributed by atoms with E-state index in [1.807, 2.05) is 74.5 Å². The predicted molar refractivity (Wildman–Crippen MR) is 124 cm³/mol. The standard InChI is InChI=1S/C25H23BNO4/c1-24(2,28)25(3,4)31-26-17-11-8-12-19-22(17)16-13-18-21(14-20(16)29-19)30-23(27-18)15-9-6-5-7-10-15/h5-14,28H,1-4H3. The van der Waals surface area contributed by atoms with Gasteiger partial charge in [0, 0.05) is 22.4 Å². The quantitative estimate of drug-likeness (QED) is 0.402. The van der Waals surface area contributed by atoms with Crippen LogP contribution >= 0.6 is 0 Å². The molecule has 0 unspecified atom stereocenters. The number of oxazole rings is 1. The van der Waals surface area contributed by atoms with Gasteiger partial charge in [-0.15, -0.1) is 0 Å². The first-order valence-corrected chi connectivity index (χ1v) is 10.3. The molecule has 0 aliphatic heterocycles. The van der Waals surface area contributed by atoms with E-state index in [4.69, 9.17) is 13.5 Å². The Morgan fingerprint density at radius 3 is 2.39 bits per heavy atom. The number of rotatable bonds is 5. The predicted octanol–water partition coefficient (Wildman–Crippen LogP) is 5.20. The Kier molecular flexibility index (Phi) is 4.47. The van der Waals surface area contributed by atoms with Crippen LogP contribution in [0.15, 0.2) is 69.5 Å². The number of hydrogen-bond donors (Lipinski definition) is 1. The van der Waals surface area contributed by atoms with Crippen molar-refractivity contribution in [2.45, 2.75) is 38.9 Å². The van der Waals surface area contributed by atoms with Crippen LogP contribution < -0.4 is 5.46 Å². The van der Waals surface area contributed by atoms with Gasteiger partial charge in [0.05, 0.1) is 11.2 Å². The van der Waals surface area contributed by atoms with Gasteiger partial charge in [0.2, 0.25) is 5.89 Å². The zero-order valence-electron chi connectivity index (χ0n) is 18.0. The SMILES string of the molecule is CC(C)(O)C(C)(C)O[B]c1cccc2oc3cc4oc(-c5ccccc5)nc4cc3c12. The lowest BCUT2D eigenvalue weighted by atomic mass is 9.80. The molecule has 6 heteroatoms. The molecule has 1 N–H and O–H groups in total. The second kappa shape index (κ2) is 6.97. The Balaban J connectivity index is 1.60. The molecule has 0 fully saturated rings. The Labute approximate surface area is 180 Å². The topological polar surface area (TPSA) is 68.6 Å². The number of benzene rings is 3. The highest BCUT2D eigenvalue weighted by Gasteiger charge is 2.36. The van der Waals surface area contributed by atoms with Gasteiger partial charge in [-0.05, 0) is 57.4 Å². The van der Waals surface area contributed by atoms with Crippen molar-refractivity contribution in [1.82, 2.24) is 4.98 Å². The molecule has 5 nitrogen and oxygen atoms in total. The monoisotopic (exact) mass is 412 g/mol. The summed E-state index contributed by atoms with van der Waals surface area (Å²) in [6, 6.07) is 19.5. The molecule has 0 atom stereocenters. The first kappa shape index (κ1) is 19.9. The second-order valence-electron chi connectivity index (χ2n) is 8.83. The number of furan rings is 1. The van der Waals surface area contributed by atoms with Crippen molar-refractivity contribution >= 4 is 46.0 Å². The van der Waals surface area contributed by atoms with Crippen LogP contribution in [0.5, 0.6) is 0 Å². The maximum Gasteiger partial charge on any atom is 0.331 e. The number of fused-ring (bicyclic) bond motifs is 4. The fraction of sp³-hybridized carbons (Fsp3) is 0.240. The number of aliphatic hydroxyl groups is 1. The molecule has 5 rings (SSSR count). The molecular formula is C25H23BNO4. The van der Waals surface area contributed by atoms with Gasteiger partial charge in [-0.3, -0.25) is 0 Å². The second-order valence-corrected chi connectivity index (χ2v) is 8.83. The highest BCUT2D eigenvalue weighted by atomic mass is 16.5. The molecule has 31 heavy (non-hydrogen) atoms. The largest absolute Gasteiger partial charge is 0.456 e. The van der Waals surface area contributed by atoms with Gasteiger partial charge in [-0.25, -0.2) is 4.98 Å². The lowest BCUT2D eigenvalue weighted by Gasteiger charge is -2.37. The summed E-state index contributed by atoms with van der Waals surface area (Å²) in [6.07, 6.45) is 0. The lowest BCUT2D eigenvalue weighted by Crippen LogP contribution is -2.49. The fourth-order valence-electron chi connectivity index (χ4n) is 3.43. The van der Waals surface area contributed by atoms with Crippen LogP contribution in [0.2, 0.25) is 0 Å². The van der Waals surface area contributed by atoms with Gasteiger partial charge in [0.15, 0.2) is 5.58 Å². The van der Waals surface area contributed by atoms with E-state index in [1.165, 1.54) is 0 Å². The van der Waals surface area contributed by atoms with Crippen LogP contribution in [0.25, 0.3) is 44.5 Å². The zero-order valence-corrected chi connectivity index (χ0v) is 18.0. The lowest BCUT2D eigenvalue weighted by molar-refractivity contribution is -0.0893. The van der Waals surface area contributed by atoms with E-state index in [2.05, 4.69) is 4.98 Å². The molecule has 0 spiro atoms. The Bertz CT molecular complexity index is 1390. The minimum atomic E-state index is -1.00. The molecule has 2 heterocycles. The smallest absolute Gasteiger partial charge is 0.331 e. The number of hydrogen-bond acceptors (Lipinski definition) is 5. The summed E-state index contributed by atoms with van der Waals surface area (Å²) in [5.41, 5.74) is 2.95. The average Bonchev–Trinajstić information content (AvgIpc) is 3.31. The minimum Gasteiger partial charge on any atom is -0.456 e. The normalized spacial score (nSPS) is 12.8. The average molecular weight is 412 g/mol. The van der Waals surface area contributed by atoms with Gasteiger partial charge in [0.1, 0.15) is 16.7 Å². The zero-order chi connectivity index (χ0) is 21.8. The molecule has 0 aliphatic rings. The molecule has 0 saturated carbocycles. The maximum atomic E-state index is 10.4. The highest BCUT2D eigenvalue weighted by Crippen LogP contribution is 2.33. The molecular weight excluding hydrogens is 389 g/mol. The van der Waals surface area contributed by atoms with Gasteiger partial charge in [-0.1, -0.05) is 30.3 Å². The molecule has 1 radical (unpaired) electrons. The third-order valence-corrected chi connectivity index (χ3v) is 6.01. The van der Waals surface area contributed by atoms with Crippen molar-refractivity contribution in [3.8, 4) is 11.5 Å². The highest BCUT2D eigenvalue weighted by molar-refractivity contribution is 6.52. The third-order valence-electron chi connectivity index (χ3n) is 6.01. The fourth-order valence-corrected chi connectivity index (χ4v) is 3.43. The van der Waals surface area contributed by atoms with Gasteiger partial charge in [-0.2, -0.15) is 0 Å². The summed E-state index contributed by atoms with van der Waals surface area (Å²) in [7, 11) is 1.69. The van der Waals surface area contributed by atoms with Crippen LogP contribution in [-0.2, 0) is 4.65 Å².